The summed E-state index contributed by atoms with van der Waals surface area (Å²) in [6.45, 7) is -0.414. The third-order valence-electron chi connectivity index (χ3n) is 2.65. The highest BCUT2D eigenvalue weighted by Crippen LogP contribution is 2.21. The number of thioether (sulfide) groups is 1. The maximum absolute atomic E-state index is 13.4. The number of anilines is 1. The number of ether oxygens (including phenoxy) is 1. The summed E-state index contributed by atoms with van der Waals surface area (Å²) in [5, 5.41) is 3.04. The zero-order valence-corrected chi connectivity index (χ0v) is 13.5. The molecule has 0 spiro atoms. The Kier molecular flexibility index (Phi) is 6.43. The molecule has 1 amide bonds. The minimum absolute atomic E-state index is 0.0780. The molecule has 7 heteroatoms. The molecule has 0 bridgehead atoms. The van der Waals surface area contributed by atoms with Crippen LogP contribution in [0.5, 0.6) is 0 Å². The number of nitrogens with one attached hydrogen (secondary N) is 1. The average Bonchev–Trinajstić information content (AvgIpc) is 2.52. The molecule has 1 N–H and O–H groups in total. The van der Waals surface area contributed by atoms with Crippen molar-refractivity contribution in [3.05, 3.63) is 59.4 Å². The summed E-state index contributed by atoms with van der Waals surface area (Å²) >= 11 is 6.81. The van der Waals surface area contributed by atoms with E-state index in [0.29, 0.717) is 15.6 Å². The molecule has 0 aliphatic rings. The van der Waals surface area contributed by atoms with Crippen LogP contribution in [0.2, 0.25) is 5.02 Å². The van der Waals surface area contributed by atoms with Gasteiger partial charge in [0.05, 0.1) is 5.75 Å². The first-order valence-corrected chi connectivity index (χ1v) is 7.99. The van der Waals surface area contributed by atoms with E-state index in [4.69, 9.17) is 16.3 Å². The lowest BCUT2D eigenvalue weighted by Crippen LogP contribution is -2.21. The van der Waals surface area contributed by atoms with Crippen LogP contribution in [0.15, 0.2) is 53.4 Å². The molecule has 2 aromatic carbocycles. The van der Waals surface area contributed by atoms with Crippen LogP contribution < -0.4 is 5.32 Å². The predicted molar refractivity (Wildman–Crippen MR) is 88.2 cm³/mol. The summed E-state index contributed by atoms with van der Waals surface area (Å²) in [4.78, 5) is 23.6. The normalized spacial score (nSPS) is 10.2. The number of carbonyl (C=O) groups is 2. The van der Waals surface area contributed by atoms with Crippen LogP contribution in [0.3, 0.4) is 0 Å². The molecule has 23 heavy (non-hydrogen) atoms. The Hall–Kier alpha value is -2.05. The molecule has 2 aromatic rings. The van der Waals surface area contributed by atoms with E-state index in [1.165, 1.54) is 6.07 Å². The van der Waals surface area contributed by atoms with E-state index in [9.17, 15) is 14.0 Å². The van der Waals surface area contributed by atoms with Crippen molar-refractivity contribution in [2.24, 2.45) is 0 Å². The Morgan fingerprint density at radius 1 is 1.17 bits per heavy atom. The van der Waals surface area contributed by atoms with Crippen LogP contribution in [0.25, 0.3) is 0 Å². The zero-order chi connectivity index (χ0) is 16.7. The Balaban J connectivity index is 1.74. The van der Waals surface area contributed by atoms with E-state index in [1.54, 1.807) is 42.5 Å². The summed E-state index contributed by atoms with van der Waals surface area (Å²) in [5.41, 5.74) is 0.513. The third kappa shape index (κ3) is 5.92. The summed E-state index contributed by atoms with van der Waals surface area (Å²) in [5.74, 6) is -1.55. The van der Waals surface area contributed by atoms with Crippen LogP contribution in [0, 0.1) is 5.82 Å². The third-order valence-corrected chi connectivity index (χ3v) is 3.91. The molecular weight excluding hydrogens is 341 g/mol. The van der Waals surface area contributed by atoms with E-state index < -0.39 is 24.3 Å². The van der Waals surface area contributed by atoms with Crippen molar-refractivity contribution in [1.82, 2.24) is 0 Å². The smallest absolute Gasteiger partial charge is 0.316 e. The van der Waals surface area contributed by atoms with Gasteiger partial charge in [0.25, 0.3) is 5.91 Å². The lowest BCUT2D eigenvalue weighted by Gasteiger charge is -2.07. The second kappa shape index (κ2) is 8.55. The molecule has 0 heterocycles. The predicted octanol–water partition coefficient (Wildman–Crippen LogP) is 3.75. The molecule has 0 fully saturated rings. The first-order chi connectivity index (χ1) is 11.0. The lowest BCUT2D eigenvalue weighted by atomic mass is 10.3. The maximum atomic E-state index is 13.4. The number of hydrogen-bond acceptors (Lipinski definition) is 4. The van der Waals surface area contributed by atoms with Gasteiger partial charge >= 0.3 is 5.97 Å². The van der Waals surface area contributed by atoms with Gasteiger partial charge in [0, 0.05) is 15.6 Å². The van der Waals surface area contributed by atoms with Gasteiger partial charge in [-0.05, 0) is 30.3 Å². The fourth-order valence-electron chi connectivity index (χ4n) is 1.65. The van der Waals surface area contributed by atoms with Crippen molar-refractivity contribution in [2.75, 3.05) is 17.7 Å². The molecular formula is C16H13ClFNO3S. The fraction of sp³-hybridized carbons (Fsp3) is 0.125. The zero-order valence-electron chi connectivity index (χ0n) is 11.9. The van der Waals surface area contributed by atoms with Gasteiger partial charge in [0.1, 0.15) is 5.82 Å². The first kappa shape index (κ1) is 17.3. The SMILES string of the molecule is O=C(COC(=O)CSc1ccccc1F)Nc1cccc(Cl)c1. The van der Waals surface area contributed by atoms with Crippen LogP contribution >= 0.6 is 23.4 Å². The van der Waals surface area contributed by atoms with Gasteiger partial charge < -0.3 is 10.1 Å². The Labute approximate surface area is 142 Å². The molecule has 2 rings (SSSR count). The molecule has 0 saturated heterocycles. The van der Waals surface area contributed by atoms with Crippen molar-refractivity contribution < 1.29 is 18.7 Å². The molecule has 0 aliphatic heterocycles. The largest absolute Gasteiger partial charge is 0.455 e. The summed E-state index contributed by atoms with van der Waals surface area (Å²) in [6, 6.07) is 12.7. The summed E-state index contributed by atoms with van der Waals surface area (Å²) < 4.78 is 18.2. The molecule has 4 nitrogen and oxygen atoms in total. The van der Waals surface area contributed by atoms with Gasteiger partial charge in [-0.3, -0.25) is 9.59 Å². The number of esters is 1. The molecule has 0 radical (unpaired) electrons. The van der Waals surface area contributed by atoms with E-state index in [0.717, 1.165) is 11.8 Å². The second-order valence-corrected chi connectivity index (χ2v) is 5.89. The standard InChI is InChI=1S/C16H13ClFNO3S/c17-11-4-3-5-12(8-11)19-15(20)9-22-16(21)10-23-14-7-2-1-6-13(14)18/h1-8H,9-10H2,(H,19,20). The van der Waals surface area contributed by atoms with Crippen molar-refractivity contribution in [1.29, 1.82) is 0 Å². The maximum Gasteiger partial charge on any atom is 0.316 e. The molecule has 0 aliphatic carbocycles. The molecule has 0 atom stereocenters. The van der Waals surface area contributed by atoms with Gasteiger partial charge in [-0.25, -0.2) is 4.39 Å². The quantitative estimate of drug-likeness (QED) is 0.634. The monoisotopic (exact) mass is 353 g/mol. The number of amides is 1. The minimum atomic E-state index is -0.598. The average molecular weight is 354 g/mol. The van der Waals surface area contributed by atoms with Crippen molar-refractivity contribution in [3.63, 3.8) is 0 Å². The molecule has 0 aromatic heterocycles. The van der Waals surface area contributed by atoms with Crippen LogP contribution in [0.1, 0.15) is 0 Å². The van der Waals surface area contributed by atoms with E-state index in [1.807, 2.05) is 0 Å². The van der Waals surface area contributed by atoms with Crippen molar-refractivity contribution in [3.8, 4) is 0 Å². The van der Waals surface area contributed by atoms with Crippen molar-refractivity contribution in [2.45, 2.75) is 4.90 Å². The highest BCUT2D eigenvalue weighted by atomic mass is 35.5. The number of rotatable bonds is 6. The molecule has 120 valence electrons. The Morgan fingerprint density at radius 3 is 2.70 bits per heavy atom. The number of benzene rings is 2. The molecule has 0 unspecified atom stereocenters. The van der Waals surface area contributed by atoms with Gasteiger partial charge in [0.15, 0.2) is 6.61 Å². The van der Waals surface area contributed by atoms with Gasteiger partial charge in [-0.1, -0.05) is 29.8 Å². The number of hydrogen-bond donors (Lipinski definition) is 1. The summed E-state index contributed by atoms with van der Waals surface area (Å²) in [7, 11) is 0. The van der Waals surface area contributed by atoms with E-state index >= 15 is 0 Å². The Morgan fingerprint density at radius 2 is 1.96 bits per heavy atom. The van der Waals surface area contributed by atoms with Gasteiger partial charge in [-0.2, -0.15) is 0 Å². The first-order valence-electron chi connectivity index (χ1n) is 6.63. The fourth-order valence-corrected chi connectivity index (χ4v) is 2.58. The Bertz CT molecular complexity index is 711. The lowest BCUT2D eigenvalue weighted by molar-refractivity contribution is -0.144. The highest BCUT2D eigenvalue weighted by Gasteiger charge is 2.10. The van der Waals surface area contributed by atoms with Crippen LogP contribution in [0.4, 0.5) is 10.1 Å². The van der Waals surface area contributed by atoms with Crippen LogP contribution in [-0.2, 0) is 14.3 Å². The number of carbonyl (C=O) groups excluding carboxylic acids is 2. The van der Waals surface area contributed by atoms with Crippen molar-refractivity contribution >= 4 is 40.9 Å². The second-order valence-electron chi connectivity index (χ2n) is 4.44. The summed E-state index contributed by atoms with van der Waals surface area (Å²) in [6.07, 6.45) is 0. The highest BCUT2D eigenvalue weighted by molar-refractivity contribution is 8.00. The minimum Gasteiger partial charge on any atom is -0.455 e. The van der Waals surface area contributed by atoms with E-state index in [-0.39, 0.29) is 5.75 Å². The number of halogens is 2. The van der Waals surface area contributed by atoms with Gasteiger partial charge in [0.2, 0.25) is 0 Å². The topological polar surface area (TPSA) is 55.4 Å². The van der Waals surface area contributed by atoms with Gasteiger partial charge in [-0.15, -0.1) is 11.8 Å². The van der Waals surface area contributed by atoms with E-state index in [2.05, 4.69) is 5.32 Å². The molecule has 0 saturated carbocycles. The van der Waals surface area contributed by atoms with Crippen LogP contribution in [-0.4, -0.2) is 24.2 Å².